The predicted molar refractivity (Wildman–Crippen MR) is 221 cm³/mol. The molecule has 1 saturated heterocycles. The number of carbonyl (C=O) groups is 8. The number of rotatable bonds is 21. The second-order valence-electron chi connectivity index (χ2n) is 15.5. The van der Waals surface area contributed by atoms with Crippen molar-refractivity contribution in [2.75, 3.05) is 6.54 Å². The van der Waals surface area contributed by atoms with Gasteiger partial charge in [0, 0.05) is 43.4 Å². The zero-order valence-electron chi connectivity index (χ0n) is 34.7. The van der Waals surface area contributed by atoms with Crippen LogP contribution in [0.4, 0.5) is 0 Å². The van der Waals surface area contributed by atoms with Crippen molar-refractivity contribution in [3.63, 3.8) is 0 Å². The van der Waals surface area contributed by atoms with Gasteiger partial charge in [-0.05, 0) is 41.9 Å². The van der Waals surface area contributed by atoms with Crippen LogP contribution < -0.4 is 26.6 Å². The van der Waals surface area contributed by atoms with Gasteiger partial charge in [0.1, 0.15) is 36.3 Å². The van der Waals surface area contributed by atoms with E-state index in [0.29, 0.717) is 24.8 Å². The SMILES string of the molecule is CC[C@H](C)[C@@H](NC(=O)[C@@H](CC(=O)O)NC(=O)[C@H]1CCCN1C(=O)[C@@H](Cc1ccccc1)NC(C)=O)C(=O)N[C@@H](C(=O)N[C@H](Cc1c[nH]c2ccccc12)C(=O)O)[C@@H](C)CC. The van der Waals surface area contributed by atoms with Gasteiger partial charge in [-0.15, -0.1) is 0 Å². The van der Waals surface area contributed by atoms with E-state index in [1.807, 2.05) is 30.3 Å². The van der Waals surface area contributed by atoms with Crippen LogP contribution >= 0.6 is 0 Å². The number of aromatic nitrogens is 1. The minimum Gasteiger partial charge on any atom is -0.481 e. The first-order valence-electron chi connectivity index (χ1n) is 20.4. The van der Waals surface area contributed by atoms with Crippen LogP contribution in [0.1, 0.15) is 77.8 Å². The Hall–Kier alpha value is -6.26. The van der Waals surface area contributed by atoms with Crippen LogP contribution in [0.2, 0.25) is 0 Å². The van der Waals surface area contributed by atoms with Gasteiger partial charge in [0.2, 0.25) is 35.4 Å². The van der Waals surface area contributed by atoms with Crippen molar-refractivity contribution in [2.24, 2.45) is 11.8 Å². The number of carboxylic acids is 2. The van der Waals surface area contributed by atoms with Gasteiger partial charge in [-0.2, -0.15) is 0 Å². The lowest BCUT2D eigenvalue weighted by molar-refractivity contribution is -0.144. The Morgan fingerprint density at radius 2 is 1.33 bits per heavy atom. The van der Waals surface area contributed by atoms with E-state index in [2.05, 4.69) is 31.6 Å². The fraction of sp³-hybridized carbons (Fsp3) is 0.488. The molecule has 0 aliphatic carbocycles. The van der Waals surface area contributed by atoms with Gasteiger partial charge in [0.25, 0.3) is 0 Å². The number of benzene rings is 2. The molecular weight excluding hydrogens is 775 g/mol. The molecule has 3 aromatic rings. The molecule has 1 aliphatic rings. The molecule has 6 amide bonds. The molecule has 17 heteroatoms. The second-order valence-corrected chi connectivity index (χ2v) is 15.5. The van der Waals surface area contributed by atoms with Crippen molar-refractivity contribution in [1.82, 2.24) is 36.5 Å². The maximum atomic E-state index is 14.0. The highest BCUT2D eigenvalue weighted by Crippen LogP contribution is 2.22. The molecule has 0 saturated carbocycles. The lowest BCUT2D eigenvalue weighted by Crippen LogP contribution is -2.61. The normalized spacial score (nSPS) is 17.2. The fourth-order valence-corrected chi connectivity index (χ4v) is 7.33. The predicted octanol–water partition coefficient (Wildman–Crippen LogP) is 2.04. The maximum absolute atomic E-state index is 14.0. The van der Waals surface area contributed by atoms with E-state index in [-0.39, 0.29) is 25.8 Å². The number of likely N-dealkylation sites (tertiary alicyclic amines) is 1. The molecule has 1 fully saturated rings. The summed E-state index contributed by atoms with van der Waals surface area (Å²) in [6.07, 6.45) is 2.42. The molecular formula is C43H57N7O10. The molecule has 1 aromatic heterocycles. The van der Waals surface area contributed by atoms with Crippen molar-refractivity contribution < 1.29 is 48.6 Å². The van der Waals surface area contributed by atoms with E-state index in [4.69, 9.17) is 0 Å². The summed E-state index contributed by atoms with van der Waals surface area (Å²) in [6.45, 7) is 8.43. The maximum Gasteiger partial charge on any atom is 0.326 e. The largest absolute Gasteiger partial charge is 0.481 e. The number of carbonyl (C=O) groups excluding carboxylic acids is 6. The summed E-state index contributed by atoms with van der Waals surface area (Å²) in [5.41, 5.74) is 2.26. The first-order chi connectivity index (χ1) is 28.5. The van der Waals surface area contributed by atoms with Gasteiger partial charge < -0.3 is 46.7 Å². The van der Waals surface area contributed by atoms with E-state index in [1.165, 1.54) is 11.8 Å². The summed E-state index contributed by atoms with van der Waals surface area (Å²) in [7, 11) is 0. The summed E-state index contributed by atoms with van der Waals surface area (Å²) >= 11 is 0. The Bertz CT molecular complexity index is 2020. The second kappa shape index (κ2) is 21.7. The average Bonchev–Trinajstić information content (AvgIpc) is 3.88. The number of para-hydroxylation sites is 1. The third-order valence-electron chi connectivity index (χ3n) is 11.1. The molecule has 0 spiro atoms. The van der Waals surface area contributed by atoms with Crippen LogP contribution in [0.5, 0.6) is 0 Å². The standard InChI is InChI=1S/C43H57N7O10/c1-6-24(3)36(40(56)47-33(43(59)60)21-28-23-44-30-17-12-11-16-29(28)30)49-41(57)37(25(4)7-2)48-38(54)31(22-35(52)53)46-39(55)34-18-13-19-50(34)42(58)32(45-26(5)51)20-27-14-9-8-10-15-27/h8-12,14-17,23-25,31-34,36-37,44H,6-7,13,18-22H2,1-5H3,(H,45,51)(H,46,55)(H,47,56)(H,48,54)(H,49,57)(H,52,53)(H,59,60)/t24-,25-,31+,32+,33+,34+,36+,37+/m0/s1. The number of nitrogens with zero attached hydrogens (tertiary/aromatic N) is 1. The number of amides is 6. The number of aromatic amines is 1. The van der Waals surface area contributed by atoms with Crippen molar-refractivity contribution in [1.29, 1.82) is 0 Å². The summed E-state index contributed by atoms with van der Waals surface area (Å²) in [4.78, 5) is 110. The van der Waals surface area contributed by atoms with Crippen LogP contribution in [0.3, 0.4) is 0 Å². The van der Waals surface area contributed by atoms with Crippen LogP contribution in [-0.4, -0.2) is 110 Å². The highest BCUT2D eigenvalue weighted by molar-refractivity contribution is 5.98. The molecule has 0 radical (unpaired) electrons. The number of H-pyrrole nitrogens is 1. The van der Waals surface area contributed by atoms with Gasteiger partial charge >= 0.3 is 11.9 Å². The van der Waals surface area contributed by atoms with Gasteiger partial charge in [0.15, 0.2) is 0 Å². The first kappa shape index (κ1) is 46.4. The number of aliphatic carboxylic acids is 2. The van der Waals surface area contributed by atoms with E-state index < -0.39 is 102 Å². The minimum absolute atomic E-state index is 0.0369. The van der Waals surface area contributed by atoms with E-state index in [1.54, 1.807) is 58.2 Å². The third-order valence-corrected chi connectivity index (χ3v) is 11.1. The van der Waals surface area contributed by atoms with Crippen molar-refractivity contribution in [3.8, 4) is 0 Å². The van der Waals surface area contributed by atoms with E-state index in [9.17, 15) is 48.6 Å². The van der Waals surface area contributed by atoms with Crippen LogP contribution in [0.15, 0.2) is 60.8 Å². The summed E-state index contributed by atoms with van der Waals surface area (Å²) in [6, 6.07) is 8.81. The van der Waals surface area contributed by atoms with Crippen molar-refractivity contribution in [3.05, 3.63) is 71.9 Å². The Kier molecular flexibility index (Phi) is 16.8. The Balaban J connectivity index is 1.49. The lowest BCUT2D eigenvalue weighted by atomic mass is 9.94. The summed E-state index contributed by atoms with van der Waals surface area (Å²) in [5.74, 6) is -7.91. The van der Waals surface area contributed by atoms with Gasteiger partial charge in [-0.1, -0.05) is 89.1 Å². The molecule has 2 heterocycles. The van der Waals surface area contributed by atoms with Crippen LogP contribution in [0.25, 0.3) is 10.9 Å². The number of hydrogen-bond acceptors (Lipinski definition) is 8. The Labute approximate surface area is 348 Å². The Morgan fingerprint density at radius 3 is 1.93 bits per heavy atom. The molecule has 0 unspecified atom stereocenters. The summed E-state index contributed by atoms with van der Waals surface area (Å²) in [5, 5.41) is 33.7. The molecule has 8 N–H and O–H groups in total. The van der Waals surface area contributed by atoms with Crippen LogP contribution in [-0.2, 0) is 51.2 Å². The van der Waals surface area contributed by atoms with E-state index >= 15 is 0 Å². The van der Waals surface area contributed by atoms with Gasteiger partial charge in [-0.25, -0.2) is 4.79 Å². The van der Waals surface area contributed by atoms with Crippen LogP contribution in [0, 0.1) is 11.8 Å². The van der Waals surface area contributed by atoms with Crippen molar-refractivity contribution >= 4 is 58.3 Å². The third kappa shape index (κ3) is 12.4. The smallest absolute Gasteiger partial charge is 0.326 e. The molecule has 1 aliphatic heterocycles. The topological polar surface area (TPSA) is 256 Å². The number of hydrogen-bond donors (Lipinski definition) is 8. The zero-order chi connectivity index (χ0) is 44.1. The highest BCUT2D eigenvalue weighted by Gasteiger charge is 2.40. The zero-order valence-corrected chi connectivity index (χ0v) is 34.7. The first-order valence-corrected chi connectivity index (χ1v) is 20.4. The highest BCUT2D eigenvalue weighted by atomic mass is 16.4. The molecule has 4 rings (SSSR count). The molecule has 8 atom stereocenters. The number of nitrogens with one attached hydrogen (secondary N) is 6. The van der Waals surface area contributed by atoms with E-state index in [0.717, 1.165) is 16.5 Å². The molecule has 2 aromatic carbocycles. The minimum atomic E-state index is -1.66. The molecule has 60 heavy (non-hydrogen) atoms. The fourth-order valence-electron chi connectivity index (χ4n) is 7.33. The number of fused-ring (bicyclic) bond motifs is 1. The quantitative estimate of drug-likeness (QED) is 0.0775. The van der Waals surface area contributed by atoms with Gasteiger partial charge in [-0.3, -0.25) is 33.6 Å². The average molecular weight is 832 g/mol. The summed E-state index contributed by atoms with van der Waals surface area (Å²) < 4.78 is 0. The molecule has 324 valence electrons. The van der Waals surface area contributed by atoms with Gasteiger partial charge in [0.05, 0.1) is 6.42 Å². The van der Waals surface area contributed by atoms with Crippen molar-refractivity contribution in [2.45, 2.75) is 116 Å². The molecule has 0 bridgehead atoms. The molecule has 17 nitrogen and oxygen atoms in total. The Morgan fingerprint density at radius 1 is 0.733 bits per heavy atom. The monoisotopic (exact) mass is 831 g/mol. The lowest BCUT2D eigenvalue weighted by Gasteiger charge is -2.31. The number of carboxylic acid groups (broad SMARTS) is 2.